The quantitative estimate of drug-likeness (QED) is 0.529. The fraction of sp³-hybridized carbons (Fsp3) is 0.857. The minimum atomic E-state index is 0.778. The summed E-state index contributed by atoms with van der Waals surface area (Å²) in [6, 6.07) is 0. The fourth-order valence-electron chi connectivity index (χ4n) is 0.264. The van der Waals surface area contributed by atoms with Gasteiger partial charge >= 0.3 is 0 Å². The van der Waals surface area contributed by atoms with Gasteiger partial charge in [0.05, 0.1) is 6.54 Å². The topological polar surface area (TPSA) is 21.6 Å². The first kappa shape index (κ1) is 8.47. The van der Waals surface area contributed by atoms with Gasteiger partial charge < -0.3 is 4.74 Å². The average Bonchev–Trinajstić information content (AvgIpc) is 2.43. The molecule has 2 heteroatoms. The van der Waals surface area contributed by atoms with E-state index >= 15 is 0 Å². The van der Waals surface area contributed by atoms with Gasteiger partial charge in [0.25, 0.3) is 0 Å². The van der Waals surface area contributed by atoms with Crippen LogP contribution in [0.15, 0.2) is 4.99 Å². The van der Waals surface area contributed by atoms with Crippen molar-refractivity contribution in [2.75, 3.05) is 13.2 Å². The van der Waals surface area contributed by atoms with Gasteiger partial charge in [-0.05, 0) is 0 Å². The predicted octanol–water partition coefficient (Wildman–Crippen LogP) is 1.85. The van der Waals surface area contributed by atoms with E-state index in [1.165, 1.54) is 19.2 Å². The lowest BCUT2D eigenvalue weighted by Crippen LogP contribution is -1.80. The fourth-order valence-corrected chi connectivity index (χ4v) is 0.264. The zero-order chi connectivity index (χ0) is 6.95. The van der Waals surface area contributed by atoms with Crippen LogP contribution in [0.3, 0.4) is 0 Å². The molecule has 0 atom stereocenters. The van der Waals surface area contributed by atoms with Gasteiger partial charge in [0.1, 0.15) is 6.61 Å². The van der Waals surface area contributed by atoms with E-state index in [1.807, 2.05) is 0 Å². The summed E-state index contributed by atoms with van der Waals surface area (Å²) in [5, 5.41) is 0. The normalized spacial score (nSPS) is 14.0. The summed E-state index contributed by atoms with van der Waals surface area (Å²) in [6.07, 6.45) is 4.12. The lowest BCUT2D eigenvalue weighted by atomic mass is 10.4. The molecule has 0 aromatic rings. The van der Waals surface area contributed by atoms with Crippen LogP contribution >= 0.6 is 0 Å². The number of ether oxygens (including phenoxy) is 1. The van der Waals surface area contributed by atoms with Crippen LogP contribution in [0.4, 0.5) is 0 Å². The van der Waals surface area contributed by atoms with E-state index in [0.717, 1.165) is 13.2 Å². The Morgan fingerprint density at radius 1 is 1.44 bits per heavy atom. The van der Waals surface area contributed by atoms with E-state index in [4.69, 9.17) is 0 Å². The van der Waals surface area contributed by atoms with Crippen LogP contribution in [-0.4, -0.2) is 19.6 Å². The first-order valence-corrected chi connectivity index (χ1v) is 3.51. The minimum Gasteiger partial charge on any atom is -0.482 e. The summed E-state index contributed by atoms with van der Waals surface area (Å²) in [6.45, 7) is 5.99. The second-order valence-corrected chi connectivity index (χ2v) is 1.88. The van der Waals surface area contributed by atoms with Crippen molar-refractivity contribution in [3.63, 3.8) is 0 Å². The third-order valence-electron chi connectivity index (χ3n) is 0.987. The van der Waals surface area contributed by atoms with E-state index < -0.39 is 0 Å². The number of nitrogens with zero attached hydrogens (tertiary/aromatic N) is 1. The Morgan fingerprint density at radius 2 is 2.11 bits per heavy atom. The summed E-state index contributed by atoms with van der Waals surface area (Å²) >= 11 is 0. The van der Waals surface area contributed by atoms with E-state index in [1.54, 1.807) is 0 Å². The Morgan fingerprint density at radius 3 is 2.22 bits per heavy atom. The predicted molar refractivity (Wildman–Crippen MR) is 39.9 cm³/mol. The maximum atomic E-state index is 4.65. The van der Waals surface area contributed by atoms with Gasteiger partial charge in [-0.2, -0.15) is 0 Å². The number of unbranched alkanes of at least 4 members (excludes halogenated alkanes) is 1. The van der Waals surface area contributed by atoms with E-state index in [0.29, 0.717) is 0 Å². The summed E-state index contributed by atoms with van der Waals surface area (Å²) < 4.78 is 4.65. The highest BCUT2D eigenvalue weighted by Crippen LogP contribution is 1.78. The molecule has 0 spiro atoms. The standard InChI is InChI=1S/C4H10.C3H5NO/c1-3-4-2;1-2-5-3-4-1/h3-4H2,1-2H3;3H,1-2H2. The van der Waals surface area contributed by atoms with Crippen molar-refractivity contribution in [2.24, 2.45) is 4.99 Å². The van der Waals surface area contributed by atoms with E-state index in [-0.39, 0.29) is 0 Å². The SMILES string of the molecule is C1=NCCO1.CCCC. The third kappa shape index (κ3) is 7.47. The van der Waals surface area contributed by atoms with Crippen LogP contribution in [-0.2, 0) is 4.74 Å². The van der Waals surface area contributed by atoms with Crippen LogP contribution in [0.25, 0.3) is 0 Å². The number of hydrogen-bond donors (Lipinski definition) is 0. The molecule has 0 fully saturated rings. The largest absolute Gasteiger partial charge is 0.482 e. The van der Waals surface area contributed by atoms with Crippen molar-refractivity contribution < 1.29 is 4.74 Å². The maximum Gasteiger partial charge on any atom is 0.169 e. The molecule has 0 saturated heterocycles. The van der Waals surface area contributed by atoms with Gasteiger partial charge in [-0.25, -0.2) is 0 Å². The Kier molecular flexibility index (Phi) is 7.03. The van der Waals surface area contributed by atoms with Crippen LogP contribution in [0, 0.1) is 0 Å². The zero-order valence-corrected chi connectivity index (χ0v) is 6.26. The van der Waals surface area contributed by atoms with Crippen molar-refractivity contribution in [2.45, 2.75) is 26.7 Å². The highest BCUT2D eigenvalue weighted by molar-refractivity contribution is 5.47. The molecule has 0 bridgehead atoms. The number of hydrogen-bond acceptors (Lipinski definition) is 2. The lowest BCUT2D eigenvalue weighted by Gasteiger charge is -1.76. The summed E-state index contributed by atoms with van der Waals surface area (Å²) in [5.41, 5.74) is 0. The molecule has 0 N–H and O–H groups in total. The second kappa shape index (κ2) is 7.47. The van der Waals surface area contributed by atoms with Crippen molar-refractivity contribution in [3.8, 4) is 0 Å². The Bertz CT molecular complexity index is 63.3. The van der Waals surface area contributed by atoms with Crippen LogP contribution in [0.1, 0.15) is 26.7 Å². The van der Waals surface area contributed by atoms with Crippen molar-refractivity contribution >= 4 is 6.40 Å². The molecule has 0 aromatic heterocycles. The molecule has 54 valence electrons. The Hall–Kier alpha value is -0.530. The molecule has 1 rings (SSSR count). The van der Waals surface area contributed by atoms with Crippen LogP contribution < -0.4 is 0 Å². The molecule has 0 radical (unpaired) electrons. The van der Waals surface area contributed by atoms with E-state index in [9.17, 15) is 0 Å². The van der Waals surface area contributed by atoms with Crippen molar-refractivity contribution in [3.05, 3.63) is 0 Å². The minimum absolute atomic E-state index is 0.778. The van der Waals surface area contributed by atoms with Gasteiger partial charge in [-0.15, -0.1) is 0 Å². The van der Waals surface area contributed by atoms with Gasteiger partial charge in [-0.3, -0.25) is 4.99 Å². The van der Waals surface area contributed by atoms with Crippen LogP contribution in [0.5, 0.6) is 0 Å². The maximum absolute atomic E-state index is 4.65. The first-order valence-electron chi connectivity index (χ1n) is 3.51. The lowest BCUT2D eigenvalue weighted by molar-refractivity contribution is 0.361. The second-order valence-electron chi connectivity index (χ2n) is 1.88. The van der Waals surface area contributed by atoms with Gasteiger partial charge in [0, 0.05) is 0 Å². The molecular formula is C7H15NO. The average molecular weight is 129 g/mol. The first-order chi connectivity index (χ1) is 4.41. The Balaban J connectivity index is 0.000000148. The van der Waals surface area contributed by atoms with Crippen molar-refractivity contribution in [1.29, 1.82) is 0 Å². The molecule has 0 amide bonds. The highest BCUT2D eigenvalue weighted by atomic mass is 16.5. The molecule has 1 aliphatic rings. The summed E-state index contributed by atoms with van der Waals surface area (Å²) in [4.78, 5) is 3.74. The van der Waals surface area contributed by atoms with Crippen molar-refractivity contribution in [1.82, 2.24) is 0 Å². The van der Waals surface area contributed by atoms with Crippen LogP contribution in [0.2, 0.25) is 0 Å². The van der Waals surface area contributed by atoms with Gasteiger partial charge in [0.2, 0.25) is 0 Å². The highest BCUT2D eigenvalue weighted by Gasteiger charge is 1.84. The molecule has 9 heavy (non-hydrogen) atoms. The summed E-state index contributed by atoms with van der Waals surface area (Å²) in [7, 11) is 0. The molecule has 0 saturated carbocycles. The third-order valence-corrected chi connectivity index (χ3v) is 0.987. The zero-order valence-electron chi connectivity index (χ0n) is 6.26. The molecule has 0 unspecified atom stereocenters. The molecule has 0 aromatic carbocycles. The number of rotatable bonds is 1. The summed E-state index contributed by atoms with van der Waals surface area (Å²) in [5.74, 6) is 0. The monoisotopic (exact) mass is 129 g/mol. The molecular weight excluding hydrogens is 114 g/mol. The molecule has 2 nitrogen and oxygen atoms in total. The van der Waals surface area contributed by atoms with Gasteiger partial charge in [-0.1, -0.05) is 26.7 Å². The Labute approximate surface area is 56.9 Å². The van der Waals surface area contributed by atoms with Gasteiger partial charge in [0.15, 0.2) is 6.40 Å². The smallest absolute Gasteiger partial charge is 0.169 e. The molecule has 0 aliphatic carbocycles. The number of aliphatic imine (C=N–C) groups is 1. The molecule has 1 heterocycles. The van der Waals surface area contributed by atoms with E-state index in [2.05, 4.69) is 23.6 Å². The molecule has 1 aliphatic heterocycles.